The summed E-state index contributed by atoms with van der Waals surface area (Å²) in [4.78, 5) is 0. The lowest BCUT2D eigenvalue weighted by Crippen LogP contribution is -2.34. The molecule has 1 N–H and O–H groups in total. The van der Waals surface area contributed by atoms with Gasteiger partial charge in [0.25, 0.3) is 0 Å². The molecule has 1 nitrogen and oxygen atoms in total. The SMILES string of the molecule is CNCCc1ccc(CC2(F)CCC2)cc1. The predicted molar refractivity (Wildman–Crippen MR) is 65.5 cm³/mol. The van der Waals surface area contributed by atoms with Gasteiger partial charge in [0.2, 0.25) is 0 Å². The standard InChI is InChI=1S/C14H20FN/c1-16-10-7-12-3-5-13(6-4-12)11-14(15)8-2-9-14/h3-6,16H,2,7-11H2,1H3. The summed E-state index contributed by atoms with van der Waals surface area (Å²) in [6.07, 6.45) is 4.18. The van der Waals surface area contributed by atoms with Crippen molar-refractivity contribution in [2.75, 3.05) is 13.6 Å². The highest BCUT2D eigenvalue weighted by Gasteiger charge is 2.36. The summed E-state index contributed by atoms with van der Waals surface area (Å²) in [6, 6.07) is 8.39. The lowest BCUT2D eigenvalue weighted by atomic mass is 9.78. The molecule has 1 aliphatic carbocycles. The number of benzene rings is 1. The quantitative estimate of drug-likeness (QED) is 0.806. The predicted octanol–water partition coefficient (Wildman–Crippen LogP) is 2.88. The van der Waals surface area contributed by atoms with Gasteiger partial charge in [-0.3, -0.25) is 0 Å². The van der Waals surface area contributed by atoms with Crippen LogP contribution in [0.4, 0.5) is 4.39 Å². The van der Waals surface area contributed by atoms with Crippen LogP contribution >= 0.6 is 0 Å². The van der Waals surface area contributed by atoms with Crippen LogP contribution in [-0.4, -0.2) is 19.3 Å². The Hall–Kier alpha value is -0.890. The van der Waals surface area contributed by atoms with Crippen molar-refractivity contribution in [1.82, 2.24) is 5.32 Å². The highest BCUT2D eigenvalue weighted by molar-refractivity contribution is 5.24. The summed E-state index contributed by atoms with van der Waals surface area (Å²) < 4.78 is 13.9. The average Bonchev–Trinajstić information content (AvgIpc) is 2.26. The second kappa shape index (κ2) is 4.96. The Morgan fingerprint density at radius 1 is 1.19 bits per heavy atom. The van der Waals surface area contributed by atoms with Crippen molar-refractivity contribution >= 4 is 0 Å². The second-order valence-corrected chi connectivity index (χ2v) is 4.85. The number of nitrogens with one attached hydrogen (secondary N) is 1. The van der Waals surface area contributed by atoms with Crippen molar-refractivity contribution in [3.63, 3.8) is 0 Å². The maximum atomic E-state index is 13.9. The third kappa shape index (κ3) is 2.82. The molecule has 0 radical (unpaired) electrons. The van der Waals surface area contributed by atoms with E-state index in [1.165, 1.54) is 5.56 Å². The smallest absolute Gasteiger partial charge is 0.115 e. The van der Waals surface area contributed by atoms with Crippen LogP contribution in [0.15, 0.2) is 24.3 Å². The molecule has 2 rings (SSSR count). The Morgan fingerprint density at radius 3 is 2.31 bits per heavy atom. The number of hydrogen-bond donors (Lipinski definition) is 1. The molecule has 0 aromatic heterocycles. The van der Waals surface area contributed by atoms with Gasteiger partial charge >= 0.3 is 0 Å². The van der Waals surface area contributed by atoms with Gasteiger partial charge in [-0.25, -0.2) is 4.39 Å². The summed E-state index contributed by atoms with van der Waals surface area (Å²) in [6.45, 7) is 0.992. The average molecular weight is 221 g/mol. The fourth-order valence-electron chi connectivity index (χ4n) is 2.20. The number of halogens is 1. The van der Waals surface area contributed by atoms with E-state index in [9.17, 15) is 4.39 Å². The van der Waals surface area contributed by atoms with Crippen LogP contribution in [0.3, 0.4) is 0 Å². The summed E-state index contributed by atoms with van der Waals surface area (Å²) in [5.41, 5.74) is 1.56. The van der Waals surface area contributed by atoms with Crippen LogP contribution in [0.25, 0.3) is 0 Å². The van der Waals surface area contributed by atoms with Crippen molar-refractivity contribution < 1.29 is 4.39 Å². The second-order valence-electron chi connectivity index (χ2n) is 4.85. The van der Waals surface area contributed by atoms with Gasteiger partial charge in [-0.2, -0.15) is 0 Å². The van der Waals surface area contributed by atoms with E-state index in [0.717, 1.165) is 37.8 Å². The molecule has 2 heteroatoms. The number of rotatable bonds is 5. The molecule has 0 amide bonds. The molecule has 1 saturated carbocycles. The fraction of sp³-hybridized carbons (Fsp3) is 0.571. The maximum absolute atomic E-state index is 13.9. The van der Waals surface area contributed by atoms with Crippen molar-refractivity contribution in [2.24, 2.45) is 0 Å². The molecule has 0 aliphatic heterocycles. The van der Waals surface area contributed by atoms with Crippen LogP contribution in [-0.2, 0) is 12.8 Å². The van der Waals surface area contributed by atoms with E-state index >= 15 is 0 Å². The van der Waals surface area contributed by atoms with Crippen LogP contribution < -0.4 is 5.32 Å². The monoisotopic (exact) mass is 221 g/mol. The molecule has 0 bridgehead atoms. The van der Waals surface area contributed by atoms with Crippen LogP contribution in [0.2, 0.25) is 0 Å². The Balaban J connectivity index is 1.91. The van der Waals surface area contributed by atoms with E-state index in [1.807, 2.05) is 7.05 Å². The molecule has 0 heterocycles. The van der Waals surface area contributed by atoms with E-state index in [2.05, 4.69) is 29.6 Å². The molecule has 0 unspecified atom stereocenters. The molecule has 0 atom stereocenters. The highest BCUT2D eigenvalue weighted by Crippen LogP contribution is 2.38. The number of likely N-dealkylation sites (N-methyl/N-ethyl adjacent to an activating group) is 1. The van der Waals surface area contributed by atoms with E-state index < -0.39 is 5.67 Å². The Bertz CT molecular complexity index is 327. The zero-order chi connectivity index (χ0) is 11.4. The van der Waals surface area contributed by atoms with Crippen molar-refractivity contribution in [1.29, 1.82) is 0 Å². The van der Waals surface area contributed by atoms with E-state index in [0.29, 0.717) is 6.42 Å². The van der Waals surface area contributed by atoms with E-state index in [1.54, 1.807) is 0 Å². The first-order chi connectivity index (χ1) is 7.72. The Kier molecular flexibility index (Phi) is 3.59. The van der Waals surface area contributed by atoms with Crippen LogP contribution in [0.5, 0.6) is 0 Å². The number of hydrogen-bond acceptors (Lipinski definition) is 1. The third-order valence-electron chi connectivity index (χ3n) is 3.46. The first kappa shape index (κ1) is 11.6. The molecule has 1 fully saturated rings. The Morgan fingerprint density at radius 2 is 1.81 bits per heavy atom. The van der Waals surface area contributed by atoms with Gasteiger partial charge in [0, 0.05) is 6.42 Å². The van der Waals surface area contributed by atoms with Gasteiger partial charge in [-0.05, 0) is 50.4 Å². The summed E-state index contributed by atoms with van der Waals surface area (Å²) >= 11 is 0. The number of alkyl halides is 1. The normalized spacial score (nSPS) is 18.1. The minimum absolute atomic E-state index is 0.597. The minimum atomic E-state index is -0.896. The topological polar surface area (TPSA) is 12.0 Å². The van der Waals surface area contributed by atoms with Gasteiger partial charge in [0.15, 0.2) is 0 Å². The minimum Gasteiger partial charge on any atom is -0.319 e. The lowest BCUT2D eigenvalue weighted by molar-refractivity contribution is 0.0641. The van der Waals surface area contributed by atoms with Crippen molar-refractivity contribution in [3.05, 3.63) is 35.4 Å². The molecular formula is C14H20FN. The highest BCUT2D eigenvalue weighted by atomic mass is 19.1. The van der Waals surface area contributed by atoms with Gasteiger partial charge in [0.05, 0.1) is 0 Å². The molecule has 1 aliphatic rings. The van der Waals surface area contributed by atoms with E-state index in [-0.39, 0.29) is 0 Å². The summed E-state index contributed by atoms with van der Waals surface area (Å²) in [5, 5.41) is 3.13. The third-order valence-corrected chi connectivity index (χ3v) is 3.46. The van der Waals surface area contributed by atoms with Gasteiger partial charge in [-0.15, -0.1) is 0 Å². The fourth-order valence-corrected chi connectivity index (χ4v) is 2.20. The van der Waals surface area contributed by atoms with Crippen molar-refractivity contribution in [3.8, 4) is 0 Å². The molecule has 1 aromatic rings. The van der Waals surface area contributed by atoms with Crippen molar-refractivity contribution in [2.45, 2.75) is 37.8 Å². The lowest BCUT2D eigenvalue weighted by Gasteiger charge is -2.33. The Labute approximate surface area is 97.1 Å². The molecular weight excluding hydrogens is 201 g/mol. The molecule has 0 saturated heterocycles. The zero-order valence-corrected chi connectivity index (χ0v) is 9.93. The van der Waals surface area contributed by atoms with Crippen LogP contribution in [0.1, 0.15) is 30.4 Å². The van der Waals surface area contributed by atoms with Crippen LogP contribution in [0, 0.1) is 0 Å². The molecule has 88 valence electrons. The first-order valence-corrected chi connectivity index (χ1v) is 6.13. The molecule has 0 spiro atoms. The summed E-state index contributed by atoms with van der Waals surface area (Å²) in [5.74, 6) is 0. The molecule has 1 aromatic carbocycles. The maximum Gasteiger partial charge on any atom is 0.115 e. The van der Waals surface area contributed by atoms with E-state index in [4.69, 9.17) is 0 Å². The summed E-state index contributed by atoms with van der Waals surface area (Å²) in [7, 11) is 1.96. The zero-order valence-electron chi connectivity index (χ0n) is 9.93. The largest absolute Gasteiger partial charge is 0.319 e. The first-order valence-electron chi connectivity index (χ1n) is 6.13. The van der Waals surface area contributed by atoms with Gasteiger partial charge in [-0.1, -0.05) is 24.3 Å². The van der Waals surface area contributed by atoms with Gasteiger partial charge in [0.1, 0.15) is 5.67 Å². The van der Waals surface area contributed by atoms with Gasteiger partial charge < -0.3 is 5.32 Å². The molecule has 16 heavy (non-hydrogen) atoms.